The zero-order valence-electron chi connectivity index (χ0n) is 12.8. The lowest BCUT2D eigenvalue weighted by molar-refractivity contribution is 0.0529. The van der Waals surface area contributed by atoms with E-state index in [4.69, 9.17) is 4.74 Å². The van der Waals surface area contributed by atoms with E-state index in [2.05, 4.69) is 27.5 Å². The van der Waals surface area contributed by atoms with E-state index in [0.717, 1.165) is 6.54 Å². The Hall–Kier alpha value is -0.990. The number of aliphatic imine (C=N–C) groups is 1. The average Bonchev–Trinajstić information content (AvgIpc) is 2.29. The molecule has 0 bridgehead atoms. The zero-order chi connectivity index (χ0) is 14.7. The summed E-state index contributed by atoms with van der Waals surface area (Å²) in [5.41, 5.74) is -0.478. The number of nitrogens with zero attached hydrogens (tertiary/aromatic N) is 1. The van der Waals surface area contributed by atoms with Crippen LogP contribution in [0.1, 0.15) is 27.7 Å². The molecule has 1 amide bonds. The van der Waals surface area contributed by atoms with Crippen molar-refractivity contribution in [1.29, 1.82) is 0 Å². The molecule has 0 aromatic rings. The topological polar surface area (TPSA) is 74.8 Å². The second kappa shape index (κ2) is 11.8. The van der Waals surface area contributed by atoms with Gasteiger partial charge in [-0.25, -0.2) is 4.79 Å². The smallest absolute Gasteiger partial charge is 0.407 e. The first-order chi connectivity index (χ1) is 8.89. The Balaban J connectivity index is 0. The second-order valence-corrected chi connectivity index (χ2v) is 4.86. The lowest BCUT2D eigenvalue weighted by Gasteiger charge is -2.19. The number of carbonyl (C=O) groups excluding carboxylic acids is 1. The van der Waals surface area contributed by atoms with Gasteiger partial charge >= 0.3 is 6.09 Å². The average molecular weight is 398 g/mol. The highest BCUT2D eigenvalue weighted by molar-refractivity contribution is 14.0. The molecule has 0 unspecified atom stereocenters. The first-order valence-corrected chi connectivity index (χ1v) is 6.49. The van der Waals surface area contributed by atoms with Crippen molar-refractivity contribution in [2.45, 2.75) is 33.3 Å². The molecule has 20 heavy (non-hydrogen) atoms. The minimum absolute atomic E-state index is 0. The lowest BCUT2D eigenvalue weighted by atomic mass is 10.2. The van der Waals surface area contributed by atoms with Gasteiger partial charge in [-0.05, 0) is 27.7 Å². The number of ether oxygens (including phenoxy) is 1. The summed E-state index contributed by atoms with van der Waals surface area (Å²) in [6, 6.07) is 0. The predicted octanol–water partition coefficient (Wildman–Crippen LogP) is 1.87. The van der Waals surface area contributed by atoms with Crippen molar-refractivity contribution < 1.29 is 9.53 Å². The number of hydrogen-bond donors (Lipinski definition) is 3. The predicted molar refractivity (Wildman–Crippen MR) is 93.8 cm³/mol. The van der Waals surface area contributed by atoms with Crippen molar-refractivity contribution >= 4 is 36.0 Å². The Labute approximate surface area is 138 Å². The highest BCUT2D eigenvalue weighted by atomic mass is 127. The molecular formula is C13H27IN4O2. The SMILES string of the molecule is C=CCNC(=NCCNC(=O)OC(C)(C)C)NCC.I. The monoisotopic (exact) mass is 398 g/mol. The Morgan fingerprint density at radius 2 is 1.95 bits per heavy atom. The van der Waals surface area contributed by atoms with Crippen LogP contribution in [0.15, 0.2) is 17.6 Å². The van der Waals surface area contributed by atoms with Crippen LogP contribution in [0.5, 0.6) is 0 Å². The molecule has 0 aromatic heterocycles. The maximum Gasteiger partial charge on any atom is 0.407 e. The van der Waals surface area contributed by atoms with Crippen LogP contribution >= 0.6 is 24.0 Å². The van der Waals surface area contributed by atoms with Crippen LogP contribution in [-0.2, 0) is 4.74 Å². The summed E-state index contributed by atoms with van der Waals surface area (Å²) in [6.45, 7) is 13.4. The molecule has 0 saturated carbocycles. The van der Waals surface area contributed by atoms with Crippen LogP contribution in [0.4, 0.5) is 4.79 Å². The fourth-order valence-corrected chi connectivity index (χ4v) is 1.15. The van der Waals surface area contributed by atoms with Gasteiger partial charge in [0.15, 0.2) is 5.96 Å². The molecule has 0 aromatic carbocycles. The molecule has 0 atom stereocenters. The van der Waals surface area contributed by atoms with Gasteiger partial charge in [0, 0.05) is 19.6 Å². The maximum atomic E-state index is 11.4. The highest BCUT2D eigenvalue weighted by Crippen LogP contribution is 2.05. The third kappa shape index (κ3) is 13.4. The third-order valence-electron chi connectivity index (χ3n) is 1.81. The van der Waals surface area contributed by atoms with Gasteiger partial charge in [0.2, 0.25) is 0 Å². The van der Waals surface area contributed by atoms with Gasteiger partial charge in [0.1, 0.15) is 5.60 Å². The fourth-order valence-electron chi connectivity index (χ4n) is 1.15. The first kappa shape index (κ1) is 21.3. The minimum atomic E-state index is -0.478. The quantitative estimate of drug-likeness (QED) is 0.210. The number of rotatable bonds is 6. The van der Waals surface area contributed by atoms with E-state index in [1.807, 2.05) is 27.7 Å². The highest BCUT2D eigenvalue weighted by Gasteiger charge is 2.15. The molecule has 0 aliphatic rings. The van der Waals surface area contributed by atoms with Gasteiger partial charge in [-0.3, -0.25) is 4.99 Å². The summed E-state index contributed by atoms with van der Waals surface area (Å²) in [6.07, 6.45) is 1.33. The number of alkyl carbamates (subject to hydrolysis) is 1. The molecule has 0 heterocycles. The first-order valence-electron chi connectivity index (χ1n) is 6.49. The van der Waals surface area contributed by atoms with Gasteiger partial charge in [0.25, 0.3) is 0 Å². The van der Waals surface area contributed by atoms with E-state index < -0.39 is 11.7 Å². The van der Waals surface area contributed by atoms with Crippen LogP contribution < -0.4 is 16.0 Å². The van der Waals surface area contributed by atoms with Crippen molar-refractivity contribution in [3.05, 3.63) is 12.7 Å². The Bertz CT molecular complexity index is 314. The molecule has 6 nitrogen and oxygen atoms in total. The zero-order valence-corrected chi connectivity index (χ0v) is 15.1. The number of guanidine groups is 1. The molecule has 0 aliphatic carbocycles. The number of nitrogens with one attached hydrogen (secondary N) is 3. The maximum absolute atomic E-state index is 11.4. The molecule has 0 rings (SSSR count). The molecule has 118 valence electrons. The summed E-state index contributed by atoms with van der Waals surface area (Å²) in [5.74, 6) is 0.702. The summed E-state index contributed by atoms with van der Waals surface area (Å²) in [7, 11) is 0. The van der Waals surface area contributed by atoms with E-state index in [0.29, 0.717) is 25.6 Å². The molecule has 0 aliphatic heterocycles. The Kier molecular flexibility index (Phi) is 12.6. The van der Waals surface area contributed by atoms with Gasteiger partial charge in [-0.2, -0.15) is 0 Å². The molecule has 7 heteroatoms. The molecule has 0 saturated heterocycles. The van der Waals surface area contributed by atoms with Crippen molar-refractivity contribution in [3.8, 4) is 0 Å². The number of halogens is 1. The van der Waals surface area contributed by atoms with E-state index in [1.165, 1.54) is 0 Å². The van der Waals surface area contributed by atoms with Gasteiger partial charge in [-0.1, -0.05) is 6.08 Å². The Morgan fingerprint density at radius 1 is 1.30 bits per heavy atom. The number of amides is 1. The molecule has 3 N–H and O–H groups in total. The molecule has 0 radical (unpaired) electrons. The Morgan fingerprint density at radius 3 is 2.45 bits per heavy atom. The minimum Gasteiger partial charge on any atom is -0.444 e. The van der Waals surface area contributed by atoms with Gasteiger partial charge in [-0.15, -0.1) is 30.6 Å². The van der Waals surface area contributed by atoms with E-state index >= 15 is 0 Å². The van der Waals surface area contributed by atoms with Crippen molar-refractivity contribution in [2.24, 2.45) is 4.99 Å². The number of carbonyl (C=O) groups is 1. The van der Waals surface area contributed by atoms with Gasteiger partial charge < -0.3 is 20.7 Å². The summed E-state index contributed by atoms with van der Waals surface area (Å²) < 4.78 is 5.11. The summed E-state index contributed by atoms with van der Waals surface area (Å²) >= 11 is 0. The van der Waals surface area contributed by atoms with Gasteiger partial charge in [0.05, 0.1) is 6.54 Å². The largest absolute Gasteiger partial charge is 0.444 e. The van der Waals surface area contributed by atoms with Crippen molar-refractivity contribution in [3.63, 3.8) is 0 Å². The van der Waals surface area contributed by atoms with Crippen LogP contribution in [0, 0.1) is 0 Å². The van der Waals surface area contributed by atoms with Crippen molar-refractivity contribution in [2.75, 3.05) is 26.2 Å². The fraction of sp³-hybridized carbons (Fsp3) is 0.692. The van der Waals surface area contributed by atoms with E-state index in [1.54, 1.807) is 6.08 Å². The molecular weight excluding hydrogens is 371 g/mol. The second-order valence-electron chi connectivity index (χ2n) is 4.86. The van der Waals surface area contributed by atoms with Crippen molar-refractivity contribution in [1.82, 2.24) is 16.0 Å². The van der Waals surface area contributed by atoms with Crippen LogP contribution in [0.25, 0.3) is 0 Å². The standard InChI is InChI=1S/C13H26N4O2.HI/c1-6-8-15-11(14-7-2)16-9-10-17-12(18)19-13(3,4)5;/h6H,1,7-10H2,2-5H3,(H,17,18)(H2,14,15,16);1H. The van der Waals surface area contributed by atoms with Crippen LogP contribution in [0.3, 0.4) is 0 Å². The van der Waals surface area contributed by atoms with Crippen LogP contribution in [-0.4, -0.2) is 43.8 Å². The van der Waals surface area contributed by atoms with E-state index in [-0.39, 0.29) is 24.0 Å². The normalized spacial score (nSPS) is 11.1. The van der Waals surface area contributed by atoms with E-state index in [9.17, 15) is 4.79 Å². The molecule has 0 fully saturated rings. The summed E-state index contributed by atoms with van der Waals surface area (Å²) in [5, 5.41) is 8.81. The lowest BCUT2D eigenvalue weighted by Crippen LogP contribution is -2.38. The summed E-state index contributed by atoms with van der Waals surface area (Å²) in [4.78, 5) is 15.7. The molecule has 0 spiro atoms. The third-order valence-corrected chi connectivity index (χ3v) is 1.81. The van der Waals surface area contributed by atoms with Crippen LogP contribution in [0.2, 0.25) is 0 Å². The number of hydrogen-bond acceptors (Lipinski definition) is 3.